The largest absolute Gasteiger partial charge is 0.464 e. The summed E-state index contributed by atoms with van der Waals surface area (Å²) in [7, 11) is 1.27. The fraction of sp³-hybridized carbons (Fsp3) is 0.312. The summed E-state index contributed by atoms with van der Waals surface area (Å²) in [6, 6.07) is 0. The van der Waals surface area contributed by atoms with E-state index in [1.807, 2.05) is 13.8 Å². The van der Waals surface area contributed by atoms with Gasteiger partial charge in [-0.05, 0) is 12.8 Å². The second-order valence-corrected chi connectivity index (χ2v) is 7.67. The van der Waals surface area contributed by atoms with Crippen LogP contribution in [0.2, 0.25) is 0 Å². The molecule has 8 nitrogen and oxygen atoms in total. The standard InChI is InChI=1S/C16H16N4O4S2/c1-7(2)11-10(14(23)24-4)18-15(26-11)19-12(21)9-5-17-16-20(13(9)22)8(3)6-25-16/h5-7H,1-4H3,(H,18,19,21). The molecule has 0 bridgehead atoms. The lowest BCUT2D eigenvalue weighted by Gasteiger charge is -2.02. The number of anilines is 1. The number of fused-ring (bicyclic) bond motifs is 1. The van der Waals surface area contributed by atoms with Gasteiger partial charge in [0, 0.05) is 22.1 Å². The van der Waals surface area contributed by atoms with E-state index in [1.54, 1.807) is 12.3 Å². The SMILES string of the molecule is COC(=O)c1nc(NC(=O)c2cnc3scc(C)n3c2=O)sc1C(C)C. The Balaban J connectivity index is 1.96. The minimum absolute atomic E-state index is 0.0318. The van der Waals surface area contributed by atoms with Gasteiger partial charge in [-0.2, -0.15) is 0 Å². The maximum absolute atomic E-state index is 12.6. The third-order valence-electron chi connectivity index (χ3n) is 3.64. The molecule has 3 aromatic heterocycles. The number of carbonyl (C=O) groups excluding carboxylic acids is 2. The average molecular weight is 392 g/mol. The lowest BCUT2D eigenvalue weighted by atomic mass is 10.1. The van der Waals surface area contributed by atoms with Crippen molar-refractivity contribution in [1.29, 1.82) is 0 Å². The zero-order valence-electron chi connectivity index (χ0n) is 14.5. The van der Waals surface area contributed by atoms with Gasteiger partial charge in [0.2, 0.25) is 0 Å². The zero-order valence-corrected chi connectivity index (χ0v) is 16.2. The molecule has 1 N–H and O–H groups in total. The van der Waals surface area contributed by atoms with Crippen LogP contribution in [-0.2, 0) is 4.74 Å². The molecule has 10 heteroatoms. The van der Waals surface area contributed by atoms with E-state index in [9.17, 15) is 14.4 Å². The Labute approximate surface area is 156 Å². The maximum Gasteiger partial charge on any atom is 0.357 e. The fourth-order valence-electron chi connectivity index (χ4n) is 2.36. The molecule has 0 aromatic carbocycles. The van der Waals surface area contributed by atoms with Gasteiger partial charge < -0.3 is 4.74 Å². The van der Waals surface area contributed by atoms with Crippen LogP contribution in [0.15, 0.2) is 16.4 Å². The minimum Gasteiger partial charge on any atom is -0.464 e. The van der Waals surface area contributed by atoms with Crippen LogP contribution in [0.25, 0.3) is 4.96 Å². The molecule has 0 spiro atoms. The van der Waals surface area contributed by atoms with E-state index in [1.165, 1.54) is 40.4 Å². The summed E-state index contributed by atoms with van der Waals surface area (Å²) < 4.78 is 6.12. The first-order valence-corrected chi connectivity index (χ1v) is 9.39. The smallest absolute Gasteiger partial charge is 0.357 e. The molecule has 0 aliphatic rings. The van der Waals surface area contributed by atoms with E-state index >= 15 is 0 Å². The Hall–Kier alpha value is -2.59. The van der Waals surface area contributed by atoms with Crippen LogP contribution in [0.5, 0.6) is 0 Å². The first-order valence-electron chi connectivity index (χ1n) is 7.69. The van der Waals surface area contributed by atoms with Gasteiger partial charge in [-0.25, -0.2) is 14.8 Å². The van der Waals surface area contributed by atoms with Gasteiger partial charge in [-0.1, -0.05) is 13.8 Å². The molecule has 0 unspecified atom stereocenters. The summed E-state index contributed by atoms with van der Waals surface area (Å²) >= 11 is 2.50. The molecule has 0 saturated heterocycles. The number of methoxy groups -OCH3 is 1. The fourth-order valence-corrected chi connectivity index (χ4v) is 4.14. The number of hydrogen-bond acceptors (Lipinski definition) is 8. The second kappa shape index (κ2) is 6.96. The monoisotopic (exact) mass is 392 g/mol. The van der Waals surface area contributed by atoms with Gasteiger partial charge >= 0.3 is 5.97 Å². The quantitative estimate of drug-likeness (QED) is 0.685. The van der Waals surface area contributed by atoms with E-state index in [-0.39, 0.29) is 22.3 Å². The van der Waals surface area contributed by atoms with Gasteiger partial charge in [0.15, 0.2) is 15.8 Å². The molecule has 3 aromatic rings. The molecule has 0 radical (unpaired) electrons. The number of thiazole rings is 2. The number of hydrogen-bond donors (Lipinski definition) is 1. The van der Waals surface area contributed by atoms with Crippen LogP contribution in [0.1, 0.15) is 51.2 Å². The zero-order chi connectivity index (χ0) is 19.0. The summed E-state index contributed by atoms with van der Waals surface area (Å²) in [5.74, 6) is -1.16. The van der Waals surface area contributed by atoms with Crippen molar-refractivity contribution in [1.82, 2.24) is 14.4 Å². The molecular formula is C16H16N4O4S2. The Morgan fingerprint density at radius 3 is 2.73 bits per heavy atom. The Bertz CT molecular complexity index is 1060. The van der Waals surface area contributed by atoms with Crippen molar-refractivity contribution in [2.45, 2.75) is 26.7 Å². The van der Waals surface area contributed by atoms with E-state index in [0.29, 0.717) is 15.5 Å². The number of amides is 1. The summed E-state index contributed by atoms with van der Waals surface area (Å²) in [4.78, 5) is 46.5. The van der Waals surface area contributed by atoms with Crippen LogP contribution < -0.4 is 10.9 Å². The number of ether oxygens (including phenoxy) is 1. The van der Waals surface area contributed by atoms with Crippen molar-refractivity contribution in [2.75, 3.05) is 12.4 Å². The maximum atomic E-state index is 12.6. The molecule has 136 valence electrons. The highest BCUT2D eigenvalue weighted by Crippen LogP contribution is 2.30. The first-order chi connectivity index (χ1) is 12.3. The predicted molar refractivity (Wildman–Crippen MR) is 99.6 cm³/mol. The van der Waals surface area contributed by atoms with Crippen LogP contribution >= 0.6 is 22.7 Å². The highest BCUT2D eigenvalue weighted by molar-refractivity contribution is 7.16. The molecular weight excluding hydrogens is 376 g/mol. The van der Waals surface area contributed by atoms with E-state index < -0.39 is 17.4 Å². The molecule has 3 rings (SSSR count). The number of nitrogens with one attached hydrogen (secondary N) is 1. The molecule has 0 fully saturated rings. The van der Waals surface area contributed by atoms with Gasteiger partial charge in [0.25, 0.3) is 11.5 Å². The van der Waals surface area contributed by atoms with Crippen LogP contribution in [-0.4, -0.2) is 33.4 Å². The van der Waals surface area contributed by atoms with Crippen molar-refractivity contribution in [2.24, 2.45) is 0 Å². The first kappa shape index (κ1) is 18.2. The number of aryl methyl sites for hydroxylation is 1. The van der Waals surface area contributed by atoms with Crippen molar-refractivity contribution in [3.8, 4) is 0 Å². The number of rotatable bonds is 4. The number of nitrogens with zero attached hydrogens (tertiary/aromatic N) is 3. The summed E-state index contributed by atoms with van der Waals surface area (Å²) in [5, 5.41) is 4.60. The summed E-state index contributed by atoms with van der Waals surface area (Å²) in [6.07, 6.45) is 1.25. The average Bonchev–Trinajstić information content (AvgIpc) is 3.19. The Kier molecular flexibility index (Phi) is 4.88. The normalized spacial score (nSPS) is 11.1. The van der Waals surface area contributed by atoms with Gasteiger partial charge in [0.05, 0.1) is 7.11 Å². The molecule has 26 heavy (non-hydrogen) atoms. The van der Waals surface area contributed by atoms with Gasteiger partial charge in [0.1, 0.15) is 5.56 Å². The summed E-state index contributed by atoms with van der Waals surface area (Å²) in [6.45, 7) is 5.59. The van der Waals surface area contributed by atoms with Crippen LogP contribution in [0, 0.1) is 6.92 Å². The van der Waals surface area contributed by atoms with E-state index in [4.69, 9.17) is 4.74 Å². The third kappa shape index (κ3) is 3.13. The number of carbonyl (C=O) groups is 2. The Morgan fingerprint density at radius 2 is 2.08 bits per heavy atom. The predicted octanol–water partition coefficient (Wildman–Crippen LogP) is 2.68. The van der Waals surface area contributed by atoms with E-state index in [0.717, 1.165) is 0 Å². The molecule has 0 aliphatic carbocycles. The lowest BCUT2D eigenvalue weighted by molar-refractivity contribution is 0.0593. The molecule has 0 atom stereocenters. The highest BCUT2D eigenvalue weighted by atomic mass is 32.1. The van der Waals surface area contributed by atoms with Crippen LogP contribution in [0.3, 0.4) is 0 Å². The summed E-state index contributed by atoms with van der Waals surface area (Å²) in [5.41, 5.74) is 0.341. The van der Waals surface area contributed by atoms with Crippen molar-refractivity contribution >= 4 is 44.6 Å². The molecule has 0 saturated carbocycles. The van der Waals surface area contributed by atoms with E-state index in [2.05, 4.69) is 15.3 Å². The number of aromatic nitrogens is 3. The number of esters is 1. The van der Waals surface area contributed by atoms with Crippen molar-refractivity contribution < 1.29 is 14.3 Å². The molecule has 1 amide bonds. The lowest BCUT2D eigenvalue weighted by Crippen LogP contribution is -2.26. The van der Waals surface area contributed by atoms with Crippen molar-refractivity contribution in [3.63, 3.8) is 0 Å². The third-order valence-corrected chi connectivity index (χ3v) is 5.87. The second-order valence-electron chi connectivity index (χ2n) is 5.80. The van der Waals surface area contributed by atoms with Crippen LogP contribution in [0.4, 0.5) is 5.13 Å². The highest BCUT2D eigenvalue weighted by Gasteiger charge is 2.23. The van der Waals surface area contributed by atoms with Gasteiger partial charge in [-0.15, -0.1) is 22.7 Å². The topological polar surface area (TPSA) is 103 Å². The minimum atomic E-state index is -0.622. The molecule has 3 heterocycles. The van der Waals surface area contributed by atoms with Gasteiger partial charge in [-0.3, -0.25) is 19.3 Å². The molecule has 0 aliphatic heterocycles. The Morgan fingerprint density at radius 1 is 1.35 bits per heavy atom. The van der Waals surface area contributed by atoms with Crippen molar-refractivity contribution in [3.05, 3.63) is 43.8 Å².